The molecule has 2 rings (SSSR count). The van der Waals surface area contributed by atoms with Gasteiger partial charge in [0, 0.05) is 10.1 Å². The van der Waals surface area contributed by atoms with Crippen LogP contribution >= 0.6 is 35.0 Å². The quantitative estimate of drug-likeness (QED) is 0.774. The molecule has 1 aromatic rings. The van der Waals surface area contributed by atoms with E-state index in [1.807, 2.05) is 25.1 Å². The third-order valence-corrected chi connectivity index (χ3v) is 4.26. The van der Waals surface area contributed by atoms with E-state index in [1.54, 1.807) is 0 Å². The number of halogens is 2. The van der Waals surface area contributed by atoms with Crippen molar-refractivity contribution in [3.05, 3.63) is 32.9 Å². The molecular weight excluding hydrogens is 375 g/mol. The Morgan fingerprint density at radius 2 is 2.32 bits per heavy atom. The first-order valence-electron chi connectivity index (χ1n) is 6.42. The van der Waals surface area contributed by atoms with Gasteiger partial charge in [-0.05, 0) is 73.5 Å². The van der Waals surface area contributed by atoms with Crippen LogP contribution in [0.3, 0.4) is 0 Å². The molecule has 1 atom stereocenters. The summed E-state index contributed by atoms with van der Waals surface area (Å²) in [6, 6.07) is 5.98. The summed E-state index contributed by atoms with van der Waals surface area (Å²) in [5.41, 5.74) is 1.92. The van der Waals surface area contributed by atoms with Gasteiger partial charge in [-0.15, -0.1) is 12.4 Å². The van der Waals surface area contributed by atoms with Crippen molar-refractivity contribution in [3.63, 3.8) is 0 Å². The molecule has 0 bridgehead atoms. The highest BCUT2D eigenvalue weighted by Crippen LogP contribution is 2.14. The predicted molar refractivity (Wildman–Crippen MR) is 89.1 cm³/mol. The Labute approximate surface area is 134 Å². The molecule has 1 fully saturated rings. The smallest absolute Gasteiger partial charge is 0.252 e. The zero-order chi connectivity index (χ0) is 13.0. The number of aryl methyl sites for hydroxylation is 1. The first kappa shape index (κ1) is 16.7. The third kappa shape index (κ3) is 4.93. The molecule has 0 aromatic heterocycles. The molecule has 0 saturated carbocycles. The highest BCUT2D eigenvalue weighted by molar-refractivity contribution is 14.1. The molecule has 0 radical (unpaired) electrons. The molecule has 106 valence electrons. The van der Waals surface area contributed by atoms with Crippen LogP contribution in [0.4, 0.5) is 0 Å². The molecule has 1 aliphatic heterocycles. The summed E-state index contributed by atoms with van der Waals surface area (Å²) in [7, 11) is 0. The van der Waals surface area contributed by atoms with Crippen molar-refractivity contribution in [2.75, 3.05) is 19.6 Å². The summed E-state index contributed by atoms with van der Waals surface area (Å²) >= 11 is 2.21. The number of piperidine rings is 1. The Balaban J connectivity index is 0.00000180. The Hall–Kier alpha value is -0.330. The zero-order valence-electron chi connectivity index (χ0n) is 11.0. The Kier molecular flexibility index (Phi) is 7.10. The van der Waals surface area contributed by atoms with E-state index in [0.29, 0.717) is 5.92 Å². The van der Waals surface area contributed by atoms with Crippen LogP contribution in [0.2, 0.25) is 0 Å². The van der Waals surface area contributed by atoms with Crippen LogP contribution in [0.5, 0.6) is 0 Å². The van der Waals surface area contributed by atoms with Crippen molar-refractivity contribution in [2.24, 2.45) is 5.92 Å². The van der Waals surface area contributed by atoms with E-state index in [9.17, 15) is 4.79 Å². The van der Waals surface area contributed by atoms with E-state index in [-0.39, 0.29) is 18.3 Å². The lowest BCUT2D eigenvalue weighted by molar-refractivity contribution is 0.0944. The standard InChI is InChI=1S/C14H19IN2O.ClH/c1-10-4-5-13(15)12(7-10)14(18)17-9-11-3-2-6-16-8-11;/h4-5,7,11,16H,2-3,6,8-9H2,1H3,(H,17,18);1H. The van der Waals surface area contributed by atoms with Crippen LogP contribution in [0.1, 0.15) is 28.8 Å². The van der Waals surface area contributed by atoms with Gasteiger partial charge in [0.15, 0.2) is 0 Å². The number of carbonyl (C=O) groups is 1. The van der Waals surface area contributed by atoms with E-state index < -0.39 is 0 Å². The number of amides is 1. The van der Waals surface area contributed by atoms with Gasteiger partial charge in [-0.1, -0.05) is 11.6 Å². The van der Waals surface area contributed by atoms with E-state index in [0.717, 1.165) is 34.3 Å². The first-order chi connectivity index (χ1) is 8.66. The van der Waals surface area contributed by atoms with Crippen molar-refractivity contribution in [1.29, 1.82) is 0 Å². The summed E-state index contributed by atoms with van der Waals surface area (Å²) < 4.78 is 1.01. The molecule has 5 heteroatoms. The summed E-state index contributed by atoms with van der Waals surface area (Å²) in [5, 5.41) is 6.42. The molecule has 1 heterocycles. The average Bonchev–Trinajstić information content (AvgIpc) is 2.40. The number of carbonyl (C=O) groups excluding carboxylic acids is 1. The molecule has 19 heavy (non-hydrogen) atoms. The normalized spacial score (nSPS) is 18.5. The topological polar surface area (TPSA) is 41.1 Å². The maximum Gasteiger partial charge on any atom is 0.252 e. The van der Waals surface area contributed by atoms with Crippen LogP contribution in [-0.2, 0) is 0 Å². The van der Waals surface area contributed by atoms with Crippen LogP contribution in [0.15, 0.2) is 18.2 Å². The summed E-state index contributed by atoms with van der Waals surface area (Å²) in [5.74, 6) is 0.624. The van der Waals surface area contributed by atoms with Crippen molar-refractivity contribution in [3.8, 4) is 0 Å². The third-order valence-electron chi connectivity index (χ3n) is 3.32. The number of nitrogens with one attached hydrogen (secondary N) is 2. The molecule has 0 aliphatic carbocycles. The van der Waals surface area contributed by atoms with Crippen molar-refractivity contribution < 1.29 is 4.79 Å². The first-order valence-corrected chi connectivity index (χ1v) is 7.50. The lowest BCUT2D eigenvalue weighted by Gasteiger charge is -2.23. The number of hydrogen-bond donors (Lipinski definition) is 2. The van der Waals surface area contributed by atoms with Crippen molar-refractivity contribution >= 4 is 40.9 Å². The van der Waals surface area contributed by atoms with E-state index in [1.165, 1.54) is 12.8 Å². The van der Waals surface area contributed by atoms with Crippen LogP contribution in [-0.4, -0.2) is 25.5 Å². The van der Waals surface area contributed by atoms with E-state index >= 15 is 0 Å². The maximum absolute atomic E-state index is 12.1. The second-order valence-corrected chi connectivity index (χ2v) is 6.07. The molecule has 1 unspecified atom stereocenters. The summed E-state index contributed by atoms with van der Waals surface area (Å²) in [6.45, 7) is 4.92. The fourth-order valence-corrected chi connectivity index (χ4v) is 2.82. The lowest BCUT2D eigenvalue weighted by atomic mass is 9.99. The second kappa shape index (κ2) is 8.07. The van der Waals surface area contributed by atoms with Gasteiger partial charge in [-0.2, -0.15) is 0 Å². The average molecular weight is 395 g/mol. The fraction of sp³-hybridized carbons (Fsp3) is 0.500. The fourth-order valence-electron chi connectivity index (χ4n) is 2.24. The van der Waals surface area contributed by atoms with Crippen LogP contribution < -0.4 is 10.6 Å². The SMILES string of the molecule is Cc1ccc(I)c(C(=O)NCC2CCCNC2)c1.Cl. The second-order valence-electron chi connectivity index (χ2n) is 4.91. The monoisotopic (exact) mass is 394 g/mol. The van der Waals surface area contributed by atoms with E-state index in [2.05, 4.69) is 33.2 Å². The maximum atomic E-state index is 12.1. The molecule has 1 aliphatic rings. The minimum absolute atomic E-state index is 0. The summed E-state index contributed by atoms with van der Waals surface area (Å²) in [6.07, 6.45) is 2.42. The molecule has 0 spiro atoms. The zero-order valence-corrected chi connectivity index (χ0v) is 14.0. The van der Waals surface area contributed by atoms with E-state index in [4.69, 9.17) is 0 Å². The Morgan fingerprint density at radius 3 is 3.00 bits per heavy atom. The molecular formula is C14H20ClIN2O. The number of rotatable bonds is 3. The van der Waals surface area contributed by atoms with Gasteiger partial charge in [0.2, 0.25) is 0 Å². The van der Waals surface area contributed by atoms with Gasteiger partial charge in [-0.3, -0.25) is 4.79 Å². The lowest BCUT2D eigenvalue weighted by Crippen LogP contribution is -2.38. The van der Waals surface area contributed by atoms with Gasteiger partial charge >= 0.3 is 0 Å². The van der Waals surface area contributed by atoms with Crippen LogP contribution in [0, 0.1) is 16.4 Å². The largest absolute Gasteiger partial charge is 0.352 e. The molecule has 3 nitrogen and oxygen atoms in total. The van der Waals surface area contributed by atoms with Crippen molar-refractivity contribution in [1.82, 2.24) is 10.6 Å². The minimum atomic E-state index is 0. The van der Waals surface area contributed by atoms with Gasteiger partial charge in [-0.25, -0.2) is 0 Å². The Bertz CT molecular complexity index is 433. The van der Waals surface area contributed by atoms with Gasteiger partial charge in [0.1, 0.15) is 0 Å². The number of hydrogen-bond acceptors (Lipinski definition) is 2. The molecule has 2 N–H and O–H groups in total. The number of benzene rings is 1. The Morgan fingerprint density at radius 1 is 1.53 bits per heavy atom. The molecule has 1 aromatic carbocycles. The minimum Gasteiger partial charge on any atom is -0.352 e. The predicted octanol–water partition coefficient (Wildman–Crippen LogP) is 2.75. The summed E-state index contributed by atoms with van der Waals surface area (Å²) in [4.78, 5) is 12.1. The molecule has 1 saturated heterocycles. The molecule has 1 amide bonds. The van der Waals surface area contributed by atoms with Gasteiger partial charge in [0.25, 0.3) is 5.91 Å². The highest BCUT2D eigenvalue weighted by atomic mass is 127. The van der Waals surface area contributed by atoms with Crippen LogP contribution in [0.25, 0.3) is 0 Å². The van der Waals surface area contributed by atoms with Crippen molar-refractivity contribution in [2.45, 2.75) is 19.8 Å². The van der Waals surface area contributed by atoms with Gasteiger partial charge < -0.3 is 10.6 Å². The highest BCUT2D eigenvalue weighted by Gasteiger charge is 2.15. The van der Waals surface area contributed by atoms with Gasteiger partial charge in [0.05, 0.1) is 5.56 Å².